The molecule has 0 bridgehead atoms. The summed E-state index contributed by atoms with van der Waals surface area (Å²) >= 11 is 0. The molecule has 2 rings (SSSR count). The molecule has 0 spiro atoms. The van der Waals surface area contributed by atoms with Crippen LogP contribution in [0, 0.1) is 5.92 Å². The minimum Gasteiger partial charge on any atom is -0.316 e. The highest BCUT2D eigenvalue weighted by molar-refractivity contribution is 5.22. The predicted octanol–water partition coefficient (Wildman–Crippen LogP) is 2.79. The fourth-order valence-corrected chi connectivity index (χ4v) is 2.50. The highest BCUT2D eigenvalue weighted by Crippen LogP contribution is 2.30. The molecule has 1 aliphatic heterocycles. The van der Waals surface area contributed by atoms with Crippen molar-refractivity contribution < 1.29 is 0 Å². The number of hydrogen-bond acceptors (Lipinski definition) is 1. The first-order valence-electron chi connectivity index (χ1n) is 5.67. The van der Waals surface area contributed by atoms with E-state index in [1.807, 2.05) is 0 Å². The van der Waals surface area contributed by atoms with E-state index < -0.39 is 0 Å². The van der Waals surface area contributed by atoms with Gasteiger partial charge in [-0.2, -0.15) is 0 Å². The quantitative estimate of drug-likeness (QED) is 0.771. The zero-order valence-corrected chi connectivity index (χ0v) is 8.87. The third kappa shape index (κ3) is 1.98. The molecule has 0 aliphatic carbocycles. The molecule has 1 aliphatic rings. The summed E-state index contributed by atoms with van der Waals surface area (Å²) in [6.07, 6.45) is 2.66. The van der Waals surface area contributed by atoms with Crippen molar-refractivity contribution in [2.24, 2.45) is 5.92 Å². The summed E-state index contributed by atoms with van der Waals surface area (Å²) in [4.78, 5) is 0. The van der Waals surface area contributed by atoms with Crippen LogP contribution in [-0.2, 0) is 0 Å². The molecule has 1 saturated heterocycles. The predicted molar refractivity (Wildman–Crippen MR) is 60.5 cm³/mol. The summed E-state index contributed by atoms with van der Waals surface area (Å²) in [5.74, 6) is 1.60. The molecule has 1 fully saturated rings. The fourth-order valence-electron chi connectivity index (χ4n) is 2.50. The van der Waals surface area contributed by atoms with Crippen molar-refractivity contribution in [3.05, 3.63) is 35.9 Å². The number of nitrogens with one attached hydrogen (secondary N) is 1. The second kappa shape index (κ2) is 4.61. The molecule has 0 saturated carbocycles. The number of benzene rings is 1. The first-order valence-corrected chi connectivity index (χ1v) is 5.67. The van der Waals surface area contributed by atoms with Gasteiger partial charge >= 0.3 is 0 Å². The van der Waals surface area contributed by atoms with Crippen LogP contribution in [0.25, 0.3) is 0 Å². The van der Waals surface area contributed by atoms with Crippen molar-refractivity contribution in [3.8, 4) is 0 Å². The summed E-state index contributed by atoms with van der Waals surface area (Å²) in [6.45, 7) is 4.64. The van der Waals surface area contributed by atoms with Crippen LogP contribution in [0.2, 0.25) is 0 Å². The Morgan fingerprint density at radius 1 is 1.21 bits per heavy atom. The Hall–Kier alpha value is -0.820. The van der Waals surface area contributed by atoms with E-state index in [1.165, 1.54) is 24.9 Å². The highest BCUT2D eigenvalue weighted by atomic mass is 14.9. The summed E-state index contributed by atoms with van der Waals surface area (Å²) < 4.78 is 0. The Morgan fingerprint density at radius 2 is 2.00 bits per heavy atom. The smallest absolute Gasteiger partial charge is 0.00234 e. The van der Waals surface area contributed by atoms with Crippen molar-refractivity contribution >= 4 is 0 Å². The van der Waals surface area contributed by atoms with E-state index in [9.17, 15) is 0 Å². The summed E-state index contributed by atoms with van der Waals surface area (Å²) in [5.41, 5.74) is 1.51. The van der Waals surface area contributed by atoms with E-state index in [4.69, 9.17) is 0 Å². The maximum Gasteiger partial charge on any atom is 0.00234 e. The summed E-state index contributed by atoms with van der Waals surface area (Å²) in [6, 6.07) is 10.9. The third-order valence-corrected chi connectivity index (χ3v) is 3.23. The molecule has 0 aromatic heterocycles. The van der Waals surface area contributed by atoms with Crippen LogP contribution in [-0.4, -0.2) is 13.1 Å². The molecular formula is C13H19N. The lowest BCUT2D eigenvalue weighted by atomic mass is 9.86. The second-order valence-corrected chi connectivity index (χ2v) is 4.22. The zero-order chi connectivity index (χ0) is 9.80. The monoisotopic (exact) mass is 189 g/mol. The Labute approximate surface area is 86.5 Å². The molecular weight excluding hydrogens is 170 g/mol. The first kappa shape index (κ1) is 9.72. The van der Waals surface area contributed by atoms with E-state index in [2.05, 4.69) is 42.6 Å². The van der Waals surface area contributed by atoms with Crippen molar-refractivity contribution in [2.75, 3.05) is 13.1 Å². The first-order chi connectivity index (χ1) is 6.92. The van der Waals surface area contributed by atoms with E-state index in [0.717, 1.165) is 18.4 Å². The Bertz CT molecular complexity index is 268. The zero-order valence-electron chi connectivity index (χ0n) is 8.87. The minimum absolute atomic E-state index is 0.746. The van der Waals surface area contributed by atoms with Crippen molar-refractivity contribution in [1.29, 1.82) is 0 Å². The molecule has 1 nitrogen and oxygen atoms in total. The lowest BCUT2D eigenvalue weighted by molar-refractivity contribution is 0.474. The van der Waals surface area contributed by atoms with Gasteiger partial charge in [-0.15, -0.1) is 0 Å². The molecule has 0 unspecified atom stereocenters. The average Bonchev–Trinajstić information content (AvgIpc) is 2.68. The van der Waals surface area contributed by atoms with Gasteiger partial charge in [-0.1, -0.05) is 43.7 Å². The Morgan fingerprint density at radius 3 is 2.71 bits per heavy atom. The van der Waals surface area contributed by atoms with Gasteiger partial charge < -0.3 is 5.32 Å². The van der Waals surface area contributed by atoms with Crippen LogP contribution in [0.1, 0.15) is 31.2 Å². The van der Waals surface area contributed by atoms with Gasteiger partial charge in [0.15, 0.2) is 0 Å². The van der Waals surface area contributed by atoms with Crippen LogP contribution in [0.15, 0.2) is 30.3 Å². The van der Waals surface area contributed by atoms with Gasteiger partial charge in [-0.25, -0.2) is 0 Å². The normalized spacial score (nSPS) is 26.6. The SMILES string of the molecule is CCC[C@H]1CNC[C@@H]1c1ccccc1. The van der Waals surface area contributed by atoms with Crippen molar-refractivity contribution in [2.45, 2.75) is 25.7 Å². The van der Waals surface area contributed by atoms with Gasteiger partial charge in [0, 0.05) is 12.5 Å². The molecule has 1 aromatic rings. The van der Waals surface area contributed by atoms with Crippen LogP contribution >= 0.6 is 0 Å². The van der Waals surface area contributed by atoms with Crippen LogP contribution in [0.3, 0.4) is 0 Å². The van der Waals surface area contributed by atoms with E-state index in [-0.39, 0.29) is 0 Å². The largest absolute Gasteiger partial charge is 0.316 e. The van der Waals surface area contributed by atoms with Gasteiger partial charge in [0.2, 0.25) is 0 Å². The highest BCUT2D eigenvalue weighted by Gasteiger charge is 2.26. The standard InChI is InChI=1S/C13H19N/c1-2-6-12-9-14-10-13(12)11-7-4-3-5-8-11/h3-5,7-8,12-14H,2,6,9-10H2,1H3/t12-,13+/m0/s1. The van der Waals surface area contributed by atoms with Gasteiger partial charge in [0.1, 0.15) is 0 Å². The maximum atomic E-state index is 3.51. The van der Waals surface area contributed by atoms with Gasteiger partial charge in [0.25, 0.3) is 0 Å². The Balaban J connectivity index is 2.10. The molecule has 0 amide bonds. The third-order valence-electron chi connectivity index (χ3n) is 3.23. The molecule has 14 heavy (non-hydrogen) atoms. The molecule has 76 valence electrons. The van der Waals surface area contributed by atoms with E-state index in [0.29, 0.717) is 0 Å². The molecule has 1 heteroatoms. The van der Waals surface area contributed by atoms with Crippen molar-refractivity contribution in [3.63, 3.8) is 0 Å². The summed E-state index contributed by atoms with van der Waals surface area (Å²) in [5, 5.41) is 3.51. The van der Waals surface area contributed by atoms with Gasteiger partial charge in [-0.3, -0.25) is 0 Å². The minimum atomic E-state index is 0.746. The van der Waals surface area contributed by atoms with Gasteiger partial charge in [0.05, 0.1) is 0 Å². The van der Waals surface area contributed by atoms with Gasteiger partial charge in [-0.05, 0) is 24.4 Å². The Kier molecular flexibility index (Phi) is 3.20. The molecule has 2 atom stereocenters. The lowest BCUT2D eigenvalue weighted by Crippen LogP contribution is -2.10. The lowest BCUT2D eigenvalue weighted by Gasteiger charge is -2.17. The van der Waals surface area contributed by atoms with Crippen LogP contribution < -0.4 is 5.32 Å². The van der Waals surface area contributed by atoms with Crippen molar-refractivity contribution in [1.82, 2.24) is 5.32 Å². The topological polar surface area (TPSA) is 12.0 Å². The molecule has 1 aromatic carbocycles. The molecule has 0 radical (unpaired) electrons. The maximum absolute atomic E-state index is 3.51. The molecule has 1 heterocycles. The van der Waals surface area contributed by atoms with E-state index >= 15 is 0 Å². The fraction of sp³-hybridized carbons (Fsp3) is 0.538. The summed E-state index contributed by atoms with van der Waals surface area (Å²) in [7, 11) is 0. The van der Waals surface area contributed by atoms with Crippen LogP contribution in [0.5, 0.6) is 0 Å². The number of hydrogen-bond donors (Lipinski definition) is 1. The van der Waals surface area contributed by atoms with Crippen LogP contribution in [0.4, 0.5) is 0 Å². The van der Waals surface area contributed by atoms with E-state index in [1.54, 1.807) is 0 Å². The second-order valence-electron chi connectivity index (χ2n) is 4.22. The molecule has 1 N–H and O–H groups in total. The average molecular weight is 189 g/mol. The number of rotatable bonds is 3.